The topological polar surface area (TPSA) is 32.5 Å². The molecule has 1 aromatic rings. The zero-order valence-electron chi connectivity index (χ0n) is 12.5. The van der Waals surface area contributed by atoms with Crippen LogP contribution in [-0.2, 0) is 0 Å². The van der Waals surface area contributed by atoms with E-state index in [1.165, 1.54) is 37.9 Å². The van der Waals surface area contributed by atoms with E-state index < -0.39 is 0 Å². The highest BCUT2D eigenvalue weighted by Gasteiger charge is 2.34. The van der Waals surface area contributed by atoms with E-state index in [4.69, 9.17) is 5.73 Å². The second-order valence-corrected chi connectivity index (χ2v) is 6.45. The van der Waals surface area contributed by atoms with Crippen molar-refractivity contribution in [3.63, 3.8) is 0 Å². The van der Waals surface area contributed by atoms with E-state index in [0.717, 1.165) is 25.0 Å². The molecule has 2 heterocycles. The van der Waals surface area contributed by atoms with Crippen LogP contribution in [0.2, 0.25) is 0 Å². The molecule has 3 atom stereocenters. The third-order valence-corrected chi connectivity index (χ3v) is 5.22. The van der Waals surface area contributed by atoms with Gasteiger partial charge in [-0.2, -0.15) is 0 Å². The van der Waals surface area contributed by atoms with Gasteiger partial charge in [0, 0.05) is 31.2 Å². The Morgan fingerprint density at radius 2 is 1.90 bits per heavy atom. The average molecular weight is 273 g/mol. The van der Waals surface area contributed by atoms with Crippen molar-refractivity contribution in [2.45, 2.75) is 43.8 Å². The van der Waals surface area contributed by atoms with Crippen LogP contribution in [0.5, 0.6) is 0 Å². The number of hydrogen-bond acceptors (Lipinski definition) is 3. The number of hydrogen-bond donors (Lipinski definition) is 1. The molecule has 2 aliphatic heterocycles. The minimum atomic E-state index is 0.175. The van der Waals surface area contributed by atoms with E-state index in [2.05, 4.69) is 47.2 Å². The van der Waals surface area contributed by atoms with Crippen molar-refractivity contribution in [1.82, 2.24) is 9.80 Å². The van der Waals surface area contributed by atoms with Gasteiger partial charge in [-0.1, -0.05) is 30.3 Å². The van der Waals surface area contributed by atoms with E-state index >= 15 is 0 Å². The summed E-state index contributed by atoms with van der Waals surface area (Å²) in [6.45, 7) is 3.61. The molecule has 2 bridgehead atoms. The Balaban J connectivity index is 1.51. The molecule has 2 aliphatic rings. The minimum Gasteiger partial charge on any atom is -0.324 e. The van der Waals surface area contributed by atoms with Crippen LogP contribution in [0.1, 0.15) is 37.3 Å². The Hall–Kier alpha value is -0.900. The molecule has 3 nitrogen and oxygen atoms in total. The molecule has 110 valence electrons. The van der Waals surface area contributed by atoms with E-state index in [1.807, 2.05) is 0 Å². The van der Waals surface area contributed by atoms with E-state index in [0.29, 0.717) is 0 Å². The quantitative estimate of drug-likeness (QED) is 0.913. The maximum atomic E-state index is 6.32. The van der Waals surface area contributed by atoms with Gasteiger partial charge in [0.2, 0.25) is 0 Å². The van der Waals surface area contributed by atoms with Crippen LogP contribution in [0.15, 0.2) is 30.3 Å². The Bertz CT molecular complexity index is 420. The number of likely N-dealkylation sites (tertiary alicyclic amines) is 1. The van der Waals surface area contributed by atoms with E-state index in [1.54, 1.807) is 0 Å². The first-order valence-electron chi connectivity index (χ1n) is 7.99. The molecule has 0 aromatic heterocycles. The van der Waals surface area contributed by atoms with Crippen molar-refractivity contribution >= 4 is 0 Å². The van der Waals surface area contributed by atoms with Gasteiger partial charge < -0.3 is 10.6 Å². The lowest BCUT2D eigenvalue weighted by molar-refractivity contribution is 0.215. The second-order valence-electron chi connectivity index (χ2n) is 6.45. The van der Waals surface area contributed by atoms with Crippen molar-refractivity contribution in [1.29, 1.82) is 0 Å². The van der Waals surface area contributed by atoms with Gasteiger partial charge in [0.15, 0.2) is 0 Å². The number of benzene rings is 1. The van der Waals surface area contributed by atoms with Gasteiger partial charge in [-0.15, -0.1) is 0 Å². The molecule has 2 saturated heterocycles. The Morgan fingerprint density at radius 1 is 1.15 bits per heavy atom. The summed E-state index contributed by atoms with van der Waals surface area (Å²) < 4.78 is 0. The summed E-state index contributed by atoms with van der Waals surface area (Å²) in [6.07, 6.45) is 5.17. The van der Waals surface area contributed by atoms with E-state index in [-0.39, 0.29) is 6.04 Å². The third kappa shape index (κ3) is 3.05. The number of fused-ring (bicyclic) bond motifs is 2. The first-order valence-corrected chi connectivity index (χ1v) is 7.99. The molecule has 0 amide bonds. The summed E-state index contributed by atoms with van der Waals surface area (Å²) >= 11 is 0. The number of nitrogens with zero attached hydrogens (tertiary/aromatic N) is 2. The van der Waals surface area contributed by atoms with Gasteiger partial charge >= 0.3 is 0 Å². The number of likely N-dealkylation sites (N-methyl/N-ethyl adjacent to an activating group) is 1. The Kier molecular flexibility index (Phi) is 4.39. The fraction of sp³-hybridized carbons (Fsp3) is 0.647. The zero-order chi connectivity index (χ0) is 13.9. The lowest BCUT2D eigenvalue weighted by Crippen LogP contribution is -2.37. The Labute approximate surface area is 122 Å². The van der Waals surface area contributed by atoms with Gasteiger partial charge in [0.05, 0.1) is 0 Å². The van der Waals surface area contributed by atoms with Crippen LogP contribution in [-0.4, -0.2) is 48.6 Å². The lowest BCUT2D eigenvalue weighted by atomic mass is 10.0. The largest absolute Gasteiger partial charge is 0.324 e. The van der Waals surface area contributed by atoms with Gasteiger partial charge in [0.1, 0.15) is 0 Å². The predicted octanol–water partition coefficient (Wildman–Crippen LogP) is 2.25. The van der Waals surface area contributed by atoms with Gasteiger partial charge in [-0.25, -0.2) is 0 Å². The third-order valence-electron chi connectivity index (χ3n) is 5.22. The maximum Gasteiger partial charge on any atom is 0.0307 e. The smallest absolute Gasteiger partial charge is 0.0307 e. The molecule has 2 fully saturated rings. The summed E-state index contributed by atoms with van der Waals surface area (Å²) in [5, 5.41) is 0. The fourth-order valence-electron chi connectivity index (χ4n) is 3.77. The number of rotatable bonds is 4. The molecule has 1 aromatic carbocycles. The monoisotopic (exact) mass is 273 g/mol. The van der Waals surface area contributed by atoms with Crippen LogP contribution >= 0.6 is 0 Å². The predicted molar refractivity (Wildman–Crippen MR) is 83.6 cm³/mol. The lowest BCUT2D eigenvalue weighted by Gasteiger charge is -2.26. The first kappa shape index (κ1) is 14.1. The first-order chi connectivity index (χ1) is 9.74. The summed E-state index contributed by atoms with van der Waals surface area (Å²) in [7, 11) is 2.31. The molecule has 0 spiro atoms. The molecule has 20 heavy (non-hydrogen) atoms. The normalized spacial score (nSPS) is 29.3. The van der Waals surface area contributed by atoms with Crippen LogP contribution in [0, 0.1) is 0 Å². The van der Waals surface area contributed by atoms with Crippen LogP contribution in [0.3, 0.4) is 0 Å². The highest BCUT2D eigenvalue weighted by molar-refractivity contribution is 5.18. The van der Waals surface area contributed by atoms with Crippen LogP contribution in [0.4, 0.5) is 0 Å². The zero-order valence-corrected chi connectivity index (χ0v) is 12.5. The molecule has 3 unspecified atom stereocenters. The molecular weight excluding hydrogens is 246 g/mol. The van der Waals surface area contributed by atoms with Crippen molar-refractivity contribution < 1.29 is 0 Å². The second kappa shape index (κ2) is 6.25. The van der Waals surface area contributed by atoms with Crippen molar-refractivity contribution in [3.8, 4) is 0 Å². The SMILES string of the molecule is CN1C2CCC1CN(CCC(N)c1ccccc1)CC2. The standard InChI is InChI=1S/C17H27N3/c1-19-15-7-8-16(19)13-20(11-9-15)12-10-17(18)14-5-3-2-4-6-14/h2-6,15-17H,7-13,18H2,1H3. The van der Waals surface area contributed by atoms with Crippen molar-refractivity contribution in [2.75, 3.05) is 26.7 Å². The van der Waals surface area contributed by atoms with Gasteiger partial charge in [-0.05, 0) is 44.8 Å². The van der Waals surface area contributed by atoms with E-state index in [9.17, 15) is 0 Å². The molecule has 0 radical (unpaired) electrons. The summed E-state index contributed by atoms with van der Waals surface area (Å²) in [6, 6.07) is 12.3. The molecule has 0 saturated carbocycles. The maximum absolute atomic E-state index is 6.32. The van der Waals surface area contributed by atoms with Crippen molar-refractivity contribution in [3.05, 3.63) is 35.9 Å². The summed E-state index contributed by atoms with van der Waals surface area (Å²) in [5.41, 5.74) is 7.58. The molecular formula is C17H27N3. The highest BCUT2D eigenvalue weighted by Crippen LogP contribution is 2.28. The molecule has 2 N–H and O–H groups in total. The average Bonchev–Trinajstić information content (AvgIpc) is 2.72. The molecule has 3 heteroatoms. The van der Waals surface area contributed by atoms with Crippen LogP contribution < -0.4 is 5.73 Å². The highest BCUT2D eigenvalue weighted by atomic mass is 15.3. The van der Waals surface area contributed by atoms with Gasteiger partial charge in [0.25, 0.3) is 0 Å². The summed E-state index contributed by atoms with van der Waals surface area (Å²) in [4.78, 5) is 5.24. The summed E-state index contributed by atoms with van der Waals surface area (Å²) in [5.74, 6) is 0. The Morgan fingerprint density at radius 3 is 2.70 bits per heavy atom. The van der Waals surface area contributed by atoms with Crippen molar-refractivity contribution in [2.24, 2.45) is 5.73 Å². The fourth-order valence-corrected chi connectivity index (χ4v) is 3.77. The minimum absolute atomic E-state index is 0.175. The molecule has 3 rings (SSSR count). The van der Waals surface area contributed by atoms with Gasteiger partial charge in [-0.3, -0.25) is 4.90 Å². The molecule has 0 aliphatic carbocycles. The van der Waals surface area contributed by atoms with Crippen LogP contribution in [0.25, 0.3) is 0 Å². The number of nitrogens with two attached hydrogens (primary N) is 1.